The number of methoxy groups -OCH3 is 3. The van der Waals surface area contributed by atoms with Gasteiger partial charge in [-0.2, -0.15) is 0 Å². The van der Waals surface area contributed by atoms with E-state index >= 15 is 0 Å². The first kappa shape index (κ1) is 20.1. The molecular weight excluding hydrogens is 310 g/mol. The Morgan fingerprint density at radius 3 is 2.38 bits per heavy atom. The first-order chi connectivity index (χ1) is 11.7. The van der Waals surface area contributed by atoms with Gasteiger partial charge in [0, 0.05) is 27.2 Å². The summed E-state index contributed by atoms with van der Waals surface area (Å²) in [7, 11) is 6.68. The van der Waals surface area contributed by atoms with E-state index in [1.165, 1.54) is 5.56 Å². The van der Waals surface area contributed by atoms with Crippen LogP contribution in [0, 0.1) is 0 Å². The Labute approximate surface area is 144 Å². The second-order valence-electron chi connectivity index (χ2n) is 4.97. The zero-order valence-corrected chi connectivity index (χ0v) is 15.1. The van der Waals surface area contributed by atoms with Crippen molar-refractivity contribution in [3.63, 3.8) is 0 Å². The lowest BCUT2D eigenvalue weighted by molar-refractivity contribution is 0.0733. The topological polar surface area (TPSA) is 73.3 Å². The van der Waals surface area contributed by atoms with E-state index in [1.807, 2.05) is 18.2 Å². The number of hydrogen-bond donors (Lipinski definition) is 2. The molecule has 0 aliphatic heterocycles. The molecule has 0 atom stereocenters. The maximum atomic E-state index is 5.39. The van der Waals surface area contributed by atoms with Gasteiger partial charge < -0.3 is 29.6 Å². The molecule has 0 aromatic heterocycles. The molecule has 136 valence electrons. The molecule has 7 nitrogen and oxygen atoms in total. The van der Waals surface area contributed by atoms with Crippen LogP contribution in [0.15, 0.2) is 23.2 Å². The fourth-order valence-corrected chi connectivity index (χ4v) is 2.07. The number of hydrogen-bond acceptors (Lipinski definition) is 5. The molecule has 2 N–H and O–H groups in total. The van der Waals surface area contributed by atoms with Crippen molar-refractivity contribution < 1.29 is 18.9 Å². The normalized spacial score (nSPS) is 11.2. The van der Waals surface area contributed by atoms with Crippen LogP contribution in [0.1, 0.15) is 5.56 Å². The summed E-state index contributed by atoms with van der Waals surface area (Å²) in [5.41, 5.74) is 1.17. The number of guanidine groups is 1. The molecular formula is C17H29N3O4. The Morgan fingerprint density at radius 2 is 1.71 bits per heavy atom. The fourth-order valence-electron chi connectivity index (χ4n) is 2.07. The molecule has 0 heterocycles. The van der Waals surface area contributed by atoms with E-state index < -0.39 is 0 Å². The van der Waals surface area contributed by atoms with Crippen molar-refractivity contribution in [3.05, 3.63) is 23.8 Å². The lowest BCUT2D eigenvalue weighted by Gasteiger charge is -2.13. The molecule has 0 unspecified atom stereocenters. The number of ether oxygens (including phenoxy) is 4. The van der Waals surface area contributed by atoms with Gasteiger partial charge >= 0.3 is 0 Å². The minimum Gasteiger partial charge on any atom is -0.493 e. The molecule has 0 spiro atoms. The quantitative estimate of drug-likeness (QED) is 0.357. The molecule has 1 rings (SSSR count). The van der Waals surface area contributed by atoms with Gasteiger partial charge in [0.25, 0.3) is 0 Å². The van der Waals surface area contributed by atoms with E-state index in [0.717, 1.165) is 30.4 Å². The van der Waals surface area contributed by atoms with E-state index in [0.29, 0.717) is 26.4 Å². The van der Waals surface area contributed by atoms with Gasteiger partial charge in [0.05, 0.1) is 34.0 Å². The van der Waals surface area contributed by atoms with Gasteiger partial charge in [0.2, 0.25) is 0 Å². The highest BCUT2D eigenvalue weighted by atomic mass is 16.5. The van der Waals surface area contributed by atoms with Crippen LogP contribution in [-0.4, -0.2) is 67.2 Å². The van der Waals surface area contributed by atoms with Crippen molar-refractivity contribution in [2.75, 3.05) is 61.3 Å². The van der Waals surface area contributed by atoms with E-state index in [4.69, 9.17) is 18.9 Å². The molecule has 0 fully saturated rings. The van der Waals surface area contributed by atoms with Crippen molar-refractivity contribution >= 4 is 5.96 Å². The van der Waals surface area contributed by atoms with Gasteiger partial charge in [-0.3, -0.25) is 4.99 Å². The smallest absolute Gasteiger partial charge is 0.191 e. The van der Waals surface area contributed by atoms with Gasteiger partial charge in [-0.15, -0.1) is 0 Å². The maximum absolute atomic E-state index is 5.39. The second-order valence-corrected chi connectivity index (χ2v) is 4.97. The maximum Gasteiger partial charge on any atom is 0.191 e. The Balaban J connectivity index is 2.29. The molecule has 0 aliphatic rings. The van der Waals surface area contributed by atoms with Crippen molar-refractivity contribution in [2.45, 2.75) is 6.42 Å². The average molecular weight is 339 g/mol. The van der Waals surface area contributed by atoms with Crippen LogP contribution in [-0.2, 0) is 15.9 Å². The minimum absolute atomic E-state index is 0.601. The monoisotopic (exact) mass is 339 g/mol. The zero-order chi connectivity index (χ0) is 17.6. The van der Waals surface area contributed by atoms with Crippen molar-refractivity contribution in [3.8, 4) is 11.5 Å². The summed E-state index contributed by atoms with van der Waals surface area (Å²) >= 11 is 0. The van der Waals surface area contributed by atoms with Crippen LogP contribution in [0.5, 0.6) is 11.5 Å². The third kappa shape index (κ3) is 7.52. The van der Waals surface area contributed by atoms with Crippen LogP contribution in [0.3, 0.4) is 0 Å². The van der Waals surface area contributed by atoms with Gasteiger partial charge in [-0.05, 0) is 24.1 Å². The minimum atomic E-state index is 0.601. The van der Waals surface area contributed by atoms with Crippen molar-refractivity contribution in [1.29, 1.82) is 0 Å². The largest absolute Gasteiger partial charge is 0.493 e. The first-order valence-corrected chi connectivity index (χ1v) is 7.97. The van der Waals surface area contributed by atoms with Crippen molar-refractivity contribution in [2.24, 2.45) is 4.99 Å². The highest BCUT2D eigenvalue weighted by Gasteiger charge is 2.04. The van der Waals surface area contributed by atoms with E-state index in [2.05, 4.69) is 15.6 Å². The molecule has 0 bridgehead atoms. The van der Waals surface area contributed by atoms with E-state index in [9.17, 15) is 0 Å². The summed E-state index contributed by atoms with van der Waals surface area (Å²) in [5.74, 6) is 2.23. The summed E-state index contributed by atoms with van der Waals surface area (Å²) < 4.78 is 20.9. The van der Waals surface area contributed by atoms with Crippen LogP contribution < -0.4 is 20.1 Å². The predicted molar refractivity (Wildman–Crippen MR) is 95.3 cm³/mol. The molecule has 1 aromatic carbocycles. The second kappa shape index (κ2) is 12.4. The van der Waals surface area contributed by atoms with Crippen molar-refractivity contribution in [1.82, 2.24) is 10.6 Å². The molecule has 0 amide bonds. The fraction of sp³-hybridized carbons (Fsp3) is 0.588. The number of aliphatic imine (C=N–C) groups is 1. The Kier molecular flexibility index (Phi) is 10.4. The van der Waals surface area contributed by atoms with Gasteiger partial charge in [0.15, 0.2) is 17.5 Å². The summed E-state index contributed by atoms with van der Waals surface area (Å²) in [6, 6.07) is 5.93. The van der Waals surface area contributed by atoms with Crippen LogP contribution in [0.2, 0.25) is 0 Å². The van der Waals surface area contributed by atoms with Gasteiger partial charge in [0.1, 0.15) is 0 Å². The lowest BCUT2D eigenvalue weighted by atomic mass is 10.1. The summed E-state index contributed by atoms with van der Waals surface area (Å²) in [6.45, 7) is 3.28. The molecule has 0 radical (unpaired) electrons. The predicted octanol–water partition coefficient (Wildman–Crippen LogP) is 1.07. The Hall–Kier alpha value is -1.99. The van der Waals surface area contributed by atoms with Crippen LogP contribution >= 0.6 is 0 Å². The summed E-state index contributed by atoms with van der Waals surface area (Å²) in [6.07, 6.45) is 0.853. The van der Waals surface area contributed by atoms with Crippen LogP contribution in [0.4, 0.5) is 0 Å². The molecule has 1 aromatic rings. The zero-order valence-electron chi connectivity index (χ0n) is 15.1. The number of benzene rings is 1. The SMILES string of the molecule is CN=C(NCCOCCOC)NCCc1ccc(OC)c(OC)c1. The van der Waals surface area contributed by atoms with E-state index in [1.54, 1.807) is 28.4 Å². The van der Waals surface area contributed by atoms with Crippen LogP contribution in [0.25, 0.3) is 0 Å². The van der Waals surface area contributed by atoms with Gasteiger partial charge in [-0.1, -0.05) is 6.07 Å². The number of nitrogens with zero attached hydrogens (tertiary/aromatic N) is 1. The Bertz CT molecular complexity index is 495. The summed E-state index contributed by atoms with van der Waals surface area (Å²) in [5, 5.41) is 6.47. The van der Waals surface area contributed by atoms with E-state index in [-0.39, 0.29) is 0 Å². The molecule has 0 saturated heterocycles. The average Bonchev–Trinajstić information content (AvgIpc) is 2.62. The Morgan fingerprint density at radius 1 is 0.958 bits per heavy atom. The number of rotatable bonds is 11. The summed E-state index contributed by atoms with van der Waals surface area (Å²) in [4.78, 5) is 4.18. The third-order valence-electron chi connectivity index (χ3n) is 3.35. The molecule has 0 saturated carbocycles. The number of nitrogens with one attached hydrogen (secondary N) is 2. The molecule has 24 heavy (non-hydrogen) atoms. The first-order valence-electron chi connectivity index (χ1n) is 7.97. The highest BCUT2D eigenvalue weighted by molar-refractivity contribution is 5.79. The van der Waals surface area contributed by atoms with Gasteiger partial charge in [-0.25, -0.2) is 0 Å². The highest BCUT2D eigenvalue weighted by Crippen LogP contribution is 2.27. The third-order valence-corrected chi connectivity index (χ3v) is 3.35. The standard InChI is InChI=1S/C17H29N3O4/c1-18-17(20-9-10-24-12-11-21-2)19-8-7-14-5-6-15(22-3)16(13-14)23-4/h5-6,13H,7-12H2,1-4H3,(H2,18,19,20). The molecule has 7 heteroatoms. The lowest BCUT2D eigenvalue weighted by Crippen LogP contribution is -2.39. The molecule has 0 aliphatic carbocycles.